The third-order valence-corrected chi connectivity index (χ3v) is 2.05. The Bertz CT molecular complexity index is 411. The van der Waals surface area contributed by atoms with Crippen molar-refractivity contribution in [2.75, 3.05) is 7.11 Å². The van der Waals surface area contributed by atoms with Crippen molar-refractivity contribution in [1.29, 1.82) is 0 Å². The number of nitrogens with one attached hydrogen (secondary N) is 1. The van der Waals surface area contributed by atoms with Gasteiger partial charge in [0, 0.05) is 0 Å². The average molecular weight is 262 g/mol. The molecule has 1 rings (SSSR count). The molecule has 0 amide bonds. The van der Waals surface area contributed by atoms with E-state index < -0.39 is 18.2 Å². The predicted octanol–water partition coefficient (Wildman–Crippen LogP) is 0.767. The minimum Gasteiger partial charge on any atom is -0.462 e. The fourth-order valence-electron chi connectivity index (χ4n) is 1.13. The molecule has 0 aliphatic carbocycles. The molecule has 0 aliphatic heterocycles. The predicted molar refractivity (Wildman–Crippen MR) is 55.9 cm³/mol. The molecule has 0 aromatic heterocycles. The van der Waals surface area contributed by atoms with E-state index in [1.807, 2.05) is 0 Å². The van der Waals surface area contributed by atoms with Gasteiger partial charge in [0.2, 0.25) is 0 Å². The molecule has 0 aliphatic rings. The maximum atomic E-state index is 13.1. The molecular formula is C10H12F2N2O4. The number of rotatable bonds is 5. The Kier molecular flexibility index (Phi) is 4.54. The van der Waals surface area contributed by atoms with Gasteiger partial charge < -0.3 is 20.4 Å². The van der Waals surface area contributed by atoms with E-state index in [2.05, 4.69) is 9.47 Å². The number of hydrogen-bond acceptors (Lipinski definition) is 6. The highest BCUT2D eigenvalue weighted by Crippen LogP contribution is 2.23. The van der Waals surface area contributed by atoms with Crippen molar-refractivity contribution in [2.45, 2.75) is 12.3 Å². The zero-order valence-electron chi connectivity index (χ0n) is 9.39. The molecule has 1 aromatic carbocycles. The van der Waals surface area contributed by atoms with Crippen LogP contribution in [0.4, 0.5) is 8.78 Å². The number of hydroxylamine groups is 1. The fraction of sp³-hybridized carbons (Fsp3) is 0.300. The van der Waals surface area contributed by atoms with E-state index in [1.54, 1.807) is 5.48 Å². The first-order valence-corrected chi connectivity index (χ1v) is 4.81. The first-order chi connectivity index (χ1) is 8.40. The molecule has 0 bridgehead atoms. The summed E-state index contributed by atoms with van der Waals surface area (Å²) in [7, 11) is 0.828. The largest absolute Gasteiger partial charge is 0.502 e. The molecule has 0 radical (unpaired) electrons. The van der Waals surface area contributed by atoms with Gasteiger partial charge in [0.05, 0.1) is 7.11 Å². The molecular weight excluding hydrogens is 250 g/mol. The molecule has 6 nitrogen and oxygen atoms in total. The Morgan fingerprint density at radius 3 is 2.44 bits per heavy atom. The molecule has 8 heteroatoms. The van der Waals surface area contributed by atoms with Crippen LogP contribution in [0, 0.1) is 0 Å². The quantitative estimate of drug-likeness (QED) is 0.412. The van der Waals surface area contributed by atoms with E-state index in [1.165, 1.54) is 24.3 Å². The molecule has 1 atom stereocenters. The van der Waals surface area contributed by atoms with E-state index in [0.717, 1.165) is 7.11 Å². The normalized spacial score (nSPS) is 12.9. The molecule has 0 saturated carbocycles. The van der Waals surface area contributed by atoms with Gasteiger partial charge in [-0.15, -0.1) is 0 Å². The Hall–Kier alpha value is -1.77. The summed E-state index contributed by atoms with van der Waals surface area (Å²) < 4.78 is 34.2. The second-order valence-electron chi connectivity index (χ2n) is 3.29. The summed E-state index contributed by atoms with van der Waals surface area (Å²) in [6.45, 7) is 0. The number of methoxy groups -OCH3 is 1. The number of hydrogen-bond donors (Lipinski definition) is 3. The van der Waals surface area contributed by atoms with Gasteiger partial charge in [-0.2, -0.15) is 14.3 Å². The van der Waals surface area contributed by atoms with Crippen molar-refractivity contribution in [3.63, 3.8) is 0 Å². The Labute approximate surface area is 101 Å². The van der Waals surface area contributed by atoms with Crippen LogP contribution in [0.3, 0.4) is 0 Å². The van der Waals surface area contributed by atoms with Crippen LogP contribution in [0.25, 0.3) is 0 Å². The highest BCUT2D eigenvalue weighted by atomic mass is 19.3. The fourth-order valence-corrected chi connectivity index (χ4v) is 1.13. The second kappa shape index (κ2) is 5.71. The van der Waals surface area contributed by atoms with E-state index >= 15 is 0 Å². The highest BCUT2D eigenvalue weighted by molar-refractivity contribution is 5.76. The van der Waals surface area contributed by atoms with Crippen molar-refractivity contribution in [3.05, 3.63) is 29.8 Å². The smallest absolute Gasteiger partial charge is 0.462 e. The van der Waals surface area contributed by atoms with Crippen molar-refractivity contribution in [1.82, 2.24) is 5.48 Å². The van der Waals surface area contributed by atoms with Gasteiger partial charge in [0.25, 0.3) is 0 Å². The summed E-state index contributed by atoms with van der Waals surface area (Å²) >= 11 is 0. The molecule has 4 N–H and O–H groups in total. The van der Waals surface area contributed by atoms with Gasteiger partial charge >= 0.3 is 12.1 Å². The lowest BCUT2D eigenvalue weighted by molar-refractivity contribution is -0.214. The van der Waals surface area contributed by atoms with Crippen LogP contribution >= 0.6 is 0 Å². The molecule has 0 fully saturated rings. The number of carbonyl (C=O) groups excluding carboxylic acids is 1. The van der Waals surface area contributed by atoms with Crippen molar-refractivity contribution < 1.29 is 28.3 Å². The molecule has 0 spiro atoms. The standard InChI is InChI=1S/C10H12F2N2O4/c1-17-9(15)10(11,12)18-7-4-2-6(3-5-7)8(13)14-16/h2-5,8,14,16H,13H2,1H3. The minimum absolute atomic E-state index is 0.237. The lowest BCUT2D eigenvalue weighted by Gasteiger charge is -2.16. The van der Waals surface area contributed by atoms with E-state index in [4.69, 9.17) is 10.9 Å². The van der Waals surface area contributed by atoms with Crippen molar-refractivity contribution in [3.8, 4) is 5.75 Å². The third-order valence-electron chi connectivity index (χ3n) is 2.05. The number of esters is 1. The zero-order chi connectivity index (χ0) is 13.8. The summed E-state index contributed by atoms with van der Waals surface area (Å²) in [5, 5.41) is 8.56. The average Bonchev–Trinajstić information content (AvgIpc) is 2.37. The van der Waals surface area contributed by atoms with E-state index in [0.29, 0.717) is 5.56 Å². The highest BCUT2D eigenvalue weighted by Gasteiger charge is 2.43. The molecule has 1 aromatic rings. The lowest BCUT2D eigenvalue weighted by atomic mass is 10.2. The molecule has 100 valence electrons. The Balaban J connectivity index is 2.78. The minimum atomic E-state index is -4.06. The summed E-state index contributed by atoms with van der Waals surface area (Å²) in [6, 6.07) is 5.08. The number of alkyl halides is 2. The molecule has 0 saturated heterocycles. The summed E-state index contributed by atoms with van der Waals surface area (Å²) in [4.78, 5) is 10.7. The topological polar surface area (TPSA) is 93.8 Å². The monoisotopic (exact) mass is 262 g/mol. The summed E-state index contributed by atoms with van der Waals surface area (Å²) in [6.07, 6.45) is -4.91. The molecule has 0 heterocycles. The van der Waals surface area contributed by atoms with Gasteiger partial charge in [-0.3, -0.25) is 0 Å². The van der Waals surface area contributed by atoms with Crippen LogP contribution in [0.2, 0.25) is 0 Å². The number of halogens is 2. The number of carbonyl (C=O) groups is 1. The SMILES string of the molecule is COC(=O)C(F)(F)Oc1ccc(C(N)NO)cc1. The third kappa shape index (κ3) is 3.36. The van der Waals surface area contributed by atoms with Gasteiger partial charge in [-0.1, -0.05) is 12.1 Å². The molecule has 18 heavy (non-hydrogen) atoms. The van der Waals surface area contributed by atoms with E-state index in [9.17, 15) is 13.6 Å². The maximum Gasteiger partial charge on any atom is 0.502 e. The van der Waals surface area contributed by atoms with Crippen LogP contribution < -0.4 is 16.0 Å². The summed E-state index contributed by atoms with van der Waals surface area (Å²) in [5.41, 5.74) is 7.66. The van der Waals surface area contributed by atoms with Crippen LogP contribution in [0.5, 0.6) is 5.75 Å². The lowest BCUT2D eigenvalue weighted by Crippen LogP contribution is -2.36. The first-order valence-electron chi connectivity index (χ1n) is 4.81. The van der Waals surface area contributed by atoms with Crippen molar-refractivity contribution >= 4 is 5.97 Å². The van der Waals surface area contributed by atoms with Gasteiger partial charge in [0.1, 0.15) is 11.9 Å². The number of nitrogens with two attached hydrogens (primary N) is 1. The van der Waals surface area contributed by atoms with Crippen LogP contribution in [-0.4, -0.2) is 24.4 Å². The van der Waals surface area contributed by atoms with Gasteiger partial charge in [0.15, 0.2) is 0 Å². The Morgan fingerprint density at radius 1 is 1.44 bits per heavy atom. The Morgan fingerprint density at radius 2 is 2.00 bits per heavy atom. The first kappa shape index (κ1) is 14.3. The molecule has 1 unspecified atom stereocenters. The van der Waals surface area contributed by atoms with Crippen LogP contribution in [0.1, 0.15) is 11.7 Å². The maximum absolute atomic E-state index is 13.1. The van der Waals surface area contributed by atoms with Crippen molar-refractivity contribution in [2.24, 2.45) is 5.73 Å². The van der Waals surface area contributed by atoms with Crippen LogP contribution in [0.15, 0.2) is 24.3 Å². The second-order valence-corrected chi connectivity index (χ2v) is 3.29. The zero-order valence-corrected chi connectivity index (χ0v) is 9.39. The van der Waals surface area contributed by atoms with Gasteiger partial charge in [-0.25, -0.2) is 4.79 Å². The van der Waals surface area contributed by atoms with Gasteiger partial charge in [-0.05, 0) is 17.7 Å². The van der Waals surface area contributed by atoms with Crippen LogP contribution in [-0.2, 0) is 9.53 Å². The summed E-state index contributed by atoms with van der Waals surface area (Å²) in [5.74, 6) is -2.03. The number of ether oxygens (including phenoxy) is 2. The van der Waals surface area contributed by atoms with E-state index in [-0.39, 0.29) is 5.75 Å². The number of benzene rings is 1.